The van der Waals surface area contributed by atoms with Gasteiger partial charge in [-0.25, -0.2) is 4.90 Å². The van der Waals surface area contributed by atoms with E-state index in [-0.39, 0.29) is 28.1 Å². The molecule has 0 unspecified atom stereocenters. The first-order chi connectivity index (χ1) is 14.9. The molecule has 0 aromatic heterocycles. The van der Waals surface area contributed by atoms with Crippen molar-refractivity contribution in [2.24, 2.45) is 0 Å². The van der Waals surface area contributed by atoms with Gasteiger partial charge in [0.2, 0.25) is 0 Å². The molecule has 9 nitrogen and oxygen atoms in total. The number of nitrogens with zero attached hydrogens (tertiary/aromatic N) is 2. The van der Waals surface area contributed by atoms with E-state index in [1.807, 2.05) is 0 Å². The molecule has 9 heteroatoms. The Bertz CT molecular complexity index is 1250. The van der Waals surface area contributed by atoms with E-state index in [0.29, 0.717) is 11.4 Å². The van der Waals surface area contributed by atoms with E-state index < -0.39 is 22.6 Å². The highest BCUT2D eigenvalue weighted by Gasteiger charge is 2.38. The summed E-state index contributed by atoms with van der Waals surface area (Å²) in [6.07, 6.45) is 0. The van der Waals surface area contributed by atoms with E-state index in [4.69, 9.17) is 4.74 Å². The molecule has 1 aliphatic heterocycles. The largest absolute Gasteiger partial charge is 0.495 e. The SMILES string of the molecule is COc1ccccc1N1C(=O)c2ccc(C(=O)Nc3cccc([N+](=O)[O-])c3)cc2C1=O. The van der Waals surface area contributed by atoms with E-state index >= 15 is 0 Å². The van der Waals surface area contributed by atoms with Crippen molar-refractivity contribution in [2.45, 2.75) is 0 Å². The van der Waals surface area contributed by atoms with Crippen LogP contribution in [-0.2, 0) is 0 Å². The van der Waals surface area contributed by atoms with E-state index in [9.17, 15) is 24.5 Å². The van der Waals surface area contributed by atoms with Crippen molar-refractivity contribution in [1.82, 2.24) is 0 Å². The molecule has 0 spiro atoms. The smallest absolute Gasteiger partial charge is 0.271 e. The summed E-state index contributed by atoms with van der Waals surface area (Å²) in [6.45, 7) is 0. The highest BCUT2D eigenvalue weighted by molar-refractivity contribution is 6.35. The molecular formula is C22H15N3O6. The van der Waals surface area contributed by atoms with E-state index in [0.717, 1.165) is 4.90 Å². The number of fused-ring (bicyclic) bond motifs is 1. The second-order valence-corrected chi connectivity index (χ2v) is 6.64. The van der Waals surface area contributed by atoms with Crippen molar-refractivity contribution in [1.29, 1.82) is 0 Å². The third-order valence-electron chi connectivity index (χ3n) is 4.79. The Kier molecular flexibility index (Phi) is 4.92. The molecular weight excluding hydrogens is 402 g/mol. The van der Waals surface area contributed by atoms with Gasteiger partial charge in [0, 0.05) is 23.4 Å². The van der Waals surface area contributed by atoms with Gasteiger partial charge in [-0.3, -0.25) is 24.5 Å². The summed E-state index contributed by atoms with van der Waals surface area (Å²) < 4.78 is 5.25. The van der Waals surface area contributed by atoms with Crippen LogP contribution in [-0.4, -0.2) is 29.8 Å². The first kappa shape index (κ1) is 19.8. The molecule has 4 rings (SSSR count). The van der Waals surface area contributed by atoms with Crippen LogP contribution in [0.25, 0.3) is 0 Å². The van der Waals surface area contributed by atoms with E-state index in [2.05, 4.69) is 5.32 Å². The number of anilines is 2. The molecule has 0 bridgehead atoms. The average Bonchev–Trinajstić information content (AvgIpc) is 3.03. The Morgan fingerprint density at radius 3 is 2.45 bits per heavy atom. The van der Waals surface area contributed by atoms with Gasteiger partial charge in [-0.05, 0) is 36.4 Å². The fraction of sp³-hybridized carbons (Fsp3) is 0.0455. The Morgan fingerprint density at radius 2 is 1.71 bits per heavy atom. The standard InChI is InChI=1S/C22H15N3O6/c1-31-19-8-3-2-7-18(19)24-21(27)16-10-9-13(11-17(16)22(24)28)20(26)23-14-5-4-6-15(12-14)25(29)30/h2-12H,1H3,(H,23,26). The number of hydrogen-bond acceptors (Lipinski definition) is 6. The lowest BCUT2D eigenvalue weighted by Crippen LogP contribution is -2.29. The van der Waals surface area contributed by atoms with Crippen molar-refractivity contribution in [2.75, 3.05) is 17.3 Å². The summed E-state index contributed by atoms with van der Waals surface area (Å²) in [5.41, 5.74) is 0.759. The monoisotopic (exact) mass is 417 g/mol. The molecule has 3 aromatic rings. The van der Waals surface area contributed by atoms with Gasteiger partial charge in [0.05, 0.1) is 28.8 Å². The highest BCUT2D eigenvalue weighted by Crippen LogP contribution is 2.35. The topological polar surface area (TPSA) is 119 Å². The van der Waals surface area contributed by atoms with Gasteiger partial charge in [-0.1, -0.05) is 18.2 Å². The minimum absolute atomic E-state index is 0.0857. The summed E-state index contributed by atoms with van der Waals surface area (Å²) in [4.78, 5) is 49.8. The average molecular weight is 417 g/mol. The van der Waals surface area contributed by atoms with Crippen LogP contribution < -0.4 is 15.0 Å². The molecule has 3 aromatic carbocycles. The van der Waals surface area contributed by atoms with Crippen molar-refractivity contribution in [3.63, 3.8) is 0 Å². The number of methoxy groups -OCH3 is 1. The quantitative estimate of drug-likeness (QED) is 0.384. The number of benzene rings is 3. The number of nitro benzene ring substituents is 1. The predicted octanol–water partition coefficient (Wildman–Crippen LogP) is 3.66. The first-order valence-corrected chi connectivity index (χ1v) is 9.12. The van der Waals surface area contributed by atoms with Crippen LogP contribution in [0.2, 0.25) is 0 Å². The lowest BCUT2D eigenvalue weighted by molar-refractivity contribution is -0.384. The zero-order chi connectivity index (χ0) is 22.1. The summed E-state index contributed by atoms with van der Waals surface area (Å²) in [7, 11) is 1.44. The molecule has 1 aliphatic rings. The van der Waals surface area contributed by atoms with Gasteiger partial charge in [0.1, 0.15) is 5.75 Å². The van der Waals surface area contributed by atoms with E-state index in [1.165, 1.54) is 49.6 Å². The minimum Gasteiger partial charge on any atom is -0.495 e. The third kappa shape index (κ3) is 3.48. The van der Waals surface area contributed by atoms with Gasteiger partial charge in [0.15, 0.2) is 0 Å². The molecule has 1 heterocycles. The van der Waals surface area contributed by atoms with Gasteiger partial charge in [-0.2, -0.15) is 0 Å². The number of non-ortho nitro benzene ring substituents is 1. The molecule has 0 aliphatic carbocycles. The van der Waals surface area contributed by atoms with Crippen LogP contribution >= 0.6 is 0 Å². The molecule has 0 radical (unpaired) electrons. The Morgan fingerprint density at radius 1 is 0.968 bits per heavy atom. The van der Waals surface area contributed by atoms with Crippen LogP contribution in [0.4, 0.5) is 17.1 Å². The molecule has 0 atom stereocenters. The molecule has 31 heavy (non-hydrogen) atoms. The zero-order valence-electron chi connectivity index (χ0n) is 16.2. The third-order valence-corrected chi connectivity index (χ3v) is 4.79. The van der Waals surface area contributed by atoms with Crippen molar-refractivity contribution in [3.05, 3.63) is 93.5 Å². The minimum atomic E-state index is -0.575. The van der Waals surface area contributed by atoms with Crippen LogP contribution in [0.5, 0.6) is 5.75 Å². The highest BCUT2D eigenvalue weighted by atomic mass is 16.6. The maximum Gasteiger partial charge on any atom is 0.271 e. The van der Waals surface area contributed by atoms with Gasteiger partial charge in [0.25, 0.3) is 23.4 Å². The molecule has 0 fully saturated rings. The summed E-state index contributed by atoms with van der Waals surface area (Å²) >= 11 is 0. The van der Waals surface area contributed by atoms with Crippen LogP contribution in [0.1, 0.15) is 31.1 Å². The number of hydrogen-bond donors (Lipinski definition) is 1. The maximum atomic E-state index is 13.0. The summed E-state index contributed by atoms with van der Waals surface area (Å²) in [5, 5.41) is 13.5. The maximum absolute atomic E-state index is 13.0. The Balaban J connectivity index is 1.63. The van der Waals surface area contributed by atoms with Gasteiger partial charge >= 0.3 is 0 Å². The summed E-state index contributed by atoms with van der Waals surface area (Å²) in [5.74, 6) is -1.30. The van der Waals surface area contributed by atoms with Gasteiger partial charge in [-0.15, -0.1) is 0 Å². The number of ether oxygens (including phenoxy) is 1. The van der Waals surface area contributed by atoms with Crippen molar-refractivity contribution >= 4 is 34.8 Å². The fourth-order valence-corrected chi connectivity index (χ4v) is 3.32. The second kappa shape index (κ2) is 7.71. The fourth-order valence-electron chi connectivity index (χ4n) is 3.32. The number of carbonyl (C=O) groups is 3. The first-order valence-electron chi connectivity index (χ1n) is 9.12. The zero-order valence-corrected chi connectivity index (χ0v) is 16.2. The lowest BCUT2D eigenvalue weighted by Gasteiger charge is -2.16. The molecule has 154 valence electrons. The number of carbonyl (C=O) groups excluding carboxylic acids is 3. The second-order valence-electron chi connectivity index (χ2n) is 6.64. The number of nitro groups is 1. The molecule has 0 saturated heterocycles. The number of nitrogens with one attached hydrogen (secondary N) is 1. The van der Waals surface area contributed by atoms with Crippen molar-refractivity contribution in [3.8, 4) is 5.75 Å². The van der Waals surface area contributed by atoms with Gasteiger partial charge < -0.3 is 10.1 Å². The van der Waals surface area contributed by atoms with Crippen molar-refractivity contribution < 1.29 is 24.0 Å². The van der Waals surface area contributed by atoms with E-state index in [1.54, 1.807) is 24.3 Å². The Labute approximate surface area is 176 Å². The number of amides is 3. The Hall–Kier alpha value is -4.53. The number of imide groups is 1. The molecule has 1 N–H and O–H groups in total. The lowest BCUT2D eigenvalue weighted by atomic mass is 10.1. The normalized spacial score (nSPS) is 12.5. The predicted molar refractivity (Wildman–Crippen MR) is 112 cm³/mol. The van der Waals surface area contributed by atoms with Crippen LogP contribution in [0.3, 0.4) is 0 Å². The van der Waals surface area contributed by atoms with Crippen LogP contribution in [0.15, 0.2) is 66.7 Å². The summed E-state index contributed by atoms with van der Waals surface area (Å²) in [6, 6.07) is 16.3. The molecule has 0 saturated carbocycles. The molecule has 3 amide bonds. The number of rotatable bonds is 5. The van der Waals surface area contributed by atoms with Crippen LogP contribution in [0, 0.1) is 10.1 Å². The number of para-hydroxylation sites is 2.